The van der Waals surface area contributed by atoms with E-state index in [9.17, 15) is 0 Å². The van der Waals surface area contributed by atoms with Gasteiger partial charge in [-0.2, -0.15) is 5.10 Å². The molecule has 3 rings (SSSR count). The highest BCUT2D eigenvalue weighted by Gasteiger charge is 2.19. The van der Waals surface area contributed by atoms with E-state index < -0.39 is 0 Å². The van der Waals surface area contributed by atoms with Gasteiger partial charge in [-0.15, -0.1) is 0 Å². The lowest BCUT2D eigenvalue weighted by Gasteiger charge is -2.10. The molecule has 1 aliphatic rings. The third-order valence-electron chi connectivity index (χ3n) is 3.12. The van der Waals surface area contributed by atoms with Crippen LogP contribution in [0.4, 0.5) is 0 Å². The molecule has 1 saturated heterocycles. The van der Waals surface area contributed by atoms with Gasteiger partial charge in [0.2, 0.25) is 0 Å². The number of hydrogen-bond acceptors (Lipinski definition) is 3. The Morgan fingerprint density at radius 1 is 1.37 bits per heavy atom. The van der Waals surface area contributed by atoms with E-state index in [1.54, 1.807) is 10.9 Å². The Kier molecular flexibility index (Phi) is 3.71. The van der Waals surface area contributed by atoms with Crippen LogP contribution in [0.25, 0.3) is 0 Å². The number of rotatable bonds is 4. The zero-order valence-electron chi connectivity index (χ0n) is 10.5. The van der Waals surface area contributed by atoms with Crippen LogP contribution in [0.1, 0.15) is 12.8 Å². The van der Waals surface area contributed by atoms with Crippen molar-refractivity contribution in [1.82, 2.24) is 9.78 Å². The summed E-state index contributed by atoms with van der Waals surface area (Å²) < 4.78 is 13.0. The normalized spacial score (nSPS) is 18.7. The van der Waals surface area contributed by atoms with Gasteiger partial charge in [0.05, 0.1) is 18.8 Å². The first-order chi connectivity index (χ1) is 9.33. The van der Waals surface area contributed by atoms with E-state index in [1.807, 2.05) is 30.3 Å². The Morgan fingerprint density at radius 2 is 2.21 bits per heavy atom. The van der Waals surface area contributed by atoms with Crippen molar-refractivity contribution < 1.29 is 9.47 Å². The van der Waals surface area contributed by atoms with Crippen LogP contribution >= 0.6 is 11.6 Å². The van der Waals surface area contributed by atoms with E-state index in [2.05, 4.69) is 5.10 Å². The molecule has 0 saturated carbocycles. The Balaban J connectivity index is 1.71. The van der Waals surface area contributed by atoms with Gasteiger partial charge >= 0.3 is 0 Å². The lowest BCUT2D eigenvalue weighted by Crippen LogP contribution is -2.15. The summed E-state index contributed by atoms with van der Waals surface area (Å²) in [5.74, 6) is 1.33. The van der Waals surface area contributed by atoms with E-state index in [0.717, 1.165) is 25.2 Å². The second-order valence-corrected chi connectivity index (χ2v) is 4.89. The van der Waals surface area contributed by atoms with Crippen LogP contribution in [-0.4, -0.2) is 22.5 Å². The number of nitrogens with zero attached hydrogens (tertiary/aromatic N) is 2. The molecule has 1 aliphatic heterocycles. The smallest absolute Gasteiger partial charge is 0.184 e. The van der Waals surface area contributed by atoms with Crippen molar-refractivity contribution in [2.45, 2.75) is 25.5 Å². The molecule has 1 unspecified atom stereocenters. The molecule has 0 amide bonds. The Morgan fingerprint density at radius 3 is 2.95 bits per heavy atom. The SMILES string of the molecule is Clc1c(Oc2ccccc2)cnn1CC1CCCO1. The van der Waals surface area contributed by atoms with Crippen molar-refractivity contribution in [1.29, 1.82) is 0 Å². The molecule has 2 aromatic rings. The first-order valence-corrected chi connectivity index (χ1v) is 6.76. The van der Waals surface area contributed by atoms with E-state index in [1.165, 1.54) is 0 Å². The molecule has 19 heavy (non-hydrogen) atoms. The predicted molar refractivity (Wildman–Crippen MR) is 72.7 cm³/mol. The second kappa shape index (κ2) is 5.63. The zero-order valence-corrected chi connectivity index (χ0v) is 11.2. The number of hydrogen-bond donors (Lipinski definition) is 0. The van der Waals surface area contributed by atoms with Gasteiger partial charge < -0.3 is 9.47 Å². The molecule has 1 aromatic heterocycles. The molecule has 4 nitrogen and oxygen atoms in total. The summed E-state index contributed by atoms with van der Waals surface area (Å²) >= 11 is 6.27. The lowest BCUT2D eigenvalue weighted by atomic mass is 10.2. The fourth-order valence-electron chi connectivity index (χ4n) is 2.15. The minimum Gasteiger partial charge on any atom is -0.452 e. The van der Waals surface area contributed by atoms with Gasteiger partial charge in [0.1, 0.15) is 5.75 Å². The molecule has 1 atom stereocenters. The summed E-state index contributed by atoms with van der Waals surface area (Å²) in [6, 6.07) is 9.54. The van der Waals surface area contributed by atoms with E-state index >= 15 is 0 Å². The first kappa shape index (κ1) is 12.5. The van der Waals surface area contributed by atoms with Crippen LogP contribution in [-0.2, 0) is 11.3 Å². The Bertz CT molecular complexity index is 536. The molecule has 0 spiro atoms. The van der Waals surface area contributed by atoms with Gasteiger partial charge in [-0.1, -0.05) is 29.8 Å². The summed E-state index contributed by atoms with van der Waals surface area (Å²) in [6.45, 7) is 1.51. The van der Waals surface area contributed by atoms with Gasteiger partial charge in [0.15, 0.2) is 10.9 Å². The van der Waals surface area contributed by atoms with E-state index in [4.69, 9.17) is 21.1 Å². The summed E-state index contributed by atoms with van der Waals surface area (Å²) in [7, 11) is 0. The van der Waals surface area contributed by atoms with Crippen molar-refractivity contribution in [2.75, 3.05) is 6.61 Å². The second-order valence-electron chi connectivity index (χ2n) is 4.53. The molecule has 100 valence electrons. The maximum atomic E-state index is 6.27. The van der Waals surface area contributed by atoms with Crippen molar-refractivity contribution in [2.24, 2.45) is 0 Å². The van der Waals surface area contributed by atoms with Crippen LogP contribution in [0.2, 0.25) is 5.15 Å². The summed E-state index contributed by atoms with van der Waals surface area (Å²) in [5, 5.41) is 4.77. The molecule has 0 bridgehead atoms. The van der Waals surface area contributed by atoms with E-state index in [-0.39, 0.29) is 6.10 Å². The zero-order chi connectivity index (χ0) is 13.1. The van der Waals surface area contributed by atoms with Gasteiger partial charge in [-0.25, -0.2) is 4.68 Å². The average Bonchev–Trinajstić information content (AvgIpc) is 3.05. The number of ether oxygens (including phenoxy) is 2. The Hall–Kier alpha value is -1.52. The highest BCUT2D eigenvalue weighted by Crippen LogP contribution is 2.29. The fourth-order valence-corrected chi connectivity index (χ4v) is 2.35. The topological polar surface area (TPSA) is 36.3 Å². The third-order valence-corrected chi connectivity index (χ3v) is 3.50. The van der Waals surface area contributed by atoms with Gasteiger partial charge in [-0.3, -0.25) is 0 Å². The largest absolute Gasteiger partial charge is 0.452 e. The van der Waals surface area contributed by atoms with Crippen LogP contribution in [0, 0.1) is 0 Å². The standard InChI is InChI=1S/C14H15ClN2O2/c15-14-13(19-11-5-2-1-3-6-11)9-16-17(14)10-12-7-4-8-18-12/h1-3,5-6,9,12H,4,7-8,10H2. The van der Waals surface area contributed by atoms with Crippen LogP contribution in [0.3, 0.4) is 0 Å². The van der Waals surface area contributed by atoms with Crippen molar-refractivity contribution >= 4 is 11.6 Å². The molecule has 1 fully saturated rings. The molecule has 0 radical (unpaired) electrons. The molecule has 0 aliphatic carbocycles. The lowest BCUT2D eigenvalue weighted by molar-refractivity contribution is 0.0940. The van der Waals surface area contributed by atoms with Crippen molar-refractivity contribution in [3.63, 3.8) is 0 Å². The van der Waals surface area contributed by atoms with Crippen molar-refractivity contribution in [3.05, 3.63) is 41.7 Å². The third kappa shape index (κ3) is 2.91. The maximum Gasteiger partial charge on any atom is 0.184 e. The van der Waals surface area contributed by atoms with Crippen LogP contribution in [0.5, 0.6) is 11.5 Å². The average molecular weight is 279 g/mol. The van der Waals surface area contributed by atoms with Crippen LogP contribution in [0.15, 0.2) is 36.5 Å². The molecule has 2 heterocycles. The van der Waals surface area contributed by atoms with Gasteiger partial charge in [-0.05, 0) is 25.0 Å². The van der Waals surface area contributed by atoms with Gasteiger partial charge in [0, 0.05) is 6.61 Å². The fraction of sp³-hybridized carbons (Fsp3) is 0.357. The minimum absolute atomic E-state index is 0.210. The number of aromatic nitrogens is 2. The summed E-state index contributed by atoms with van der Waals surface area (Å²) in [6.07, 6.45) is 4.02. The first-order valence-electron chi connectivity index (χ1n) is 6.39. The number of para-hydroxylation sites is 1. The molecule has 0 N–H and O–H groups in total. The monoisotopic (exact) mass is 278 g/mol. The molecule has 1 aromatic carbocycles. The quantitative estimate of drug-likeness (QED) is 0.859. The summed E-state index contributed by atoms with van der Waals surface area (Å²) in [4.78, 5) is 0. The molecular formula is C14H15ClN2O2. The molecular weight excluding hydrogens is 264 g/mol. The van der Waals surface area contributed by atoms with Gasteiger partial charge in [0.25, 0.3) is 0 Å². The number of benzene rings is 1. The summed E-state index contributed by atoms with van der Waals surface area (Å²) in [5.41, 5.74) is 0. The van der Waals surface area contributed by atoms with E-state index in [0.29, 0.717) is 17.4 Å². The maximum absolute atomic E-state index is 6.27. The highest BCUT2D eigenvalue weighted by molar-refractivity contribution is 6.31. The Labute approximate surface area is 116 Å². The number of halogens is 1. The molecule has 5 heteroatoms. The highest BCUT2D eigenvalue weighted by atomic mass is 35.5. The van der Waals surface area contributed by atoms with Crippen LogP contribution < -0.4 is 4.74 Å². The minimum atomic E-state index is 0.210. The predicted octanol–water partition coefficient (Wildman–Crippen LogP) is 3.51. The van der Waals surface area contributed by atoms with Crippen molar-refractivity contribution in [3.8, 4) is 11.5 Å².